The molecule has 0 fully saturated rings. The summed E-state index contributed by atoms with van der Waals surface area (Å²) in [4.78, 5) is 13.7. The van der Waals surface area contributed by atoms with Gasteiger partial charge in [0.2, 0.25) is 5.91 Å². The summed E-state index contributed by atoms with van der Waals surface area (Å²) in [7, 11) is 1.64. The first-order chi connectivity index (χ1) is 8.62. The Balaban J connectivity index is 2.68. The van der Waals surface area contributed by atoms with Gasteiger partial charge in [0.25, 0.3) is 0 Å². The Hall–Kier alpha value is -1.71. The molecular formula is C14H23N3O. The number of nitrogens with zero attached hydrogens (tertiary/aromatic N) is 1. The summed E-state index contributed by atoms with van der Waals surface area (Å²) in [6.45, 7) is 8.12. The average molecular weight is 249 g/mol. The second-order valence-electron chi connectivity index (χ2n) is 4.20. The van der Waals surface area contributed by atoms with Gasteiger partial charge in [-0.15, -0.1) is 0 Å². The number of hydrogen-bond donors (Lipinski definition) is 2. The second-order valence-corrected chi connectivity index (χ2v) is 4.20. The van der Waals surface area contributed by atoms with E-state index < -0.39 is 0 Å². The number of amides is 1. The minimum atomic E-state index is -0.227. The molecule has 18 heavy (non-hydrogen) atoms. The van der Waals surface area contributed by atoms with Crippen LogP contribution in [0, 0.1) is 0 Å². The van der Waals surface area contributed by atoms with Crippen molar-refractivity contribution in [3.8, 4) is 0 Å². The maximum Gasteiger partial charge on any atom is 0.241 e. The minimum Gasteiger partial charge on any atom is -0.374 e. The number of carbonyl (C=O) groups is 1. The lowest BCUT2D eigenvalue weighted by molar-refractivity contribution is -0.121. The molecule has 0 saturated heterocycles. The van der Waals surface area contributed by atoms with Crippen molar-refractivity contribution in [2.45, 2.75) is 26.8 Å². The summed E-state index contributed by atoms with van der Waals surface area (Å²) >= 11 is 0. The van der Waals surface area contributed by atoms with Gasteiger partial charge in [-0.05, 0) is 45.0 Å². The van der Waals surface area contributed by atoms with Gasteiger partial charge in [-0.3, -0.25) is 4.79 Å². The van der Waals surface area contributed by atoms with Crippen molar-refractivity contribution in [2.75, 3.05) is 30.4 Å². The third kappa shape index (κ3) is 3.65. The number of nitrogens with one attached hydrogen (secondary N) is 2. The molecule has 1 atom stereocenters. The fourth-order valence-corrected chi connectivity index (χ4v) is 1.89. The Morgan fingerprint density at radius 2 is 1.78 bits per heavy atom. The predicted octanol–water partition coefficient (Wildman–Crippen LogP) is 2.08. The topological polar surface area (TPSA) is 44.4 Å². The molecule has 0 aromatic heterocycles. The number of carbonyl (C=O) groups excluding carboxylic acids is 1. The maximum absolute atomic E-state index is 11.4. The summed E-state index contributed by atoms with van der Waals surface area (Å²) in [5.41, 5.74) is 2.17. The highest BCUT2D eigenvalue weighted by molar-refractivity contribution is 5.83. The average Bonchev–Trinajstić information content (AvgIpc) is 2.41. The number of likely N-dealkylation sites (N-methyl/N-ethyl adjacent to an activating group) is 1. The molecule has 0 heterocycles. The van der Waals surface area contributed by atoms with Gasteiger partial charge in [-0.2, -0.15) is 0 Å². The second kappa shape index (κ2) is 6.89. The fraction of sp³-hybridized carbons (Fsp3) is 0.500. The summed E-state index contributed by atoms with van der Waals surface area (Å²) in [5.74, 6) is -0.0113. The van der Waals surface area contributed by atoms with Crippen LogP contribution in [0.5, 0.6) is 0 Å². The molecule has 0 saturated carbocycles. The van der Waals surface area contributed by atoms with E-state index in [4.69, 9.17) is 0 Å². The van der Waals surface area contributed by atoms with Crippen molar-refractivity contribution in [1.82, 2.24) is 5.32 Å². The van der Waals surface area contributed by atoms with Crippen LogP contribution in [0.4, 0.5) is 11.4 Å². The van der Waals surface area contributed by atoms with Crippen LogP contribution in [0.25, 0.3) is 0 Å². The number of hydrogen-bond acceptors (Lipinski definition) is 3. The molecule has 0 radical (unpaired) electrons. The van der Waals surface area contributed by atoms with Gasteiger partial charge in [0, 0.05) is 31.5 Å². The third-order valence-electron chi connectivity index (χ3n) is 3.02. The van der Waals surface area contributed by atoms with E-state index >= 15 is 0 Å². The van der Waals surface area contributed by atoms with Crippen LogP contribution in [0.15, 0.2) is 24.3 Å². The Bertz CT molecular complexity index is 371. The van der Waals surface area contributed by atoms with Crippen molar-refractivity contribution < 1.29 is 4.79 Å². The highest BCUT2D eigenvalue weighted by Crippen LogP contribution is 2.18. The first-order valence-corrected chi connectivity index (χ1v) is 6.45. The van der Waals surface area contributed by atoms with E-state index in [0.29, 0.717) is 0 Å². The number of benzene rings is 1. The van der Waals surface area contributed by atoms with Gasteiger partial charge < -0.3 is 15.5 Å². The molecule has 100 valence electrons. The molecule has 4 nitrogen and oxygen atoms in total. The largest absolute Gasteiger partial charge is 0.374 e. The van der Waals surface area contributed by atoms with Gasteiger partial charge in [-0.1, -0.05) is 0 Å². The van der Waals surface area contributed by atoms with Crippen LogP contribution in [0.3, 0.4) is 0 Å². The number of rotatable bonds is 6. The molecule has 1 rings (SSSR count). The van der Waals surface area contributed by atoms with Gasteiger partial charge in [0.05, 0.1) is 0 Å². The molecule has 0 aliphatic rings. The molecule has 0 aliphatic carbocycles. The Labute approximate surface area is 109 Å². The van der Waals surface area contributed by atoms with Crippen molar-refractivity contribution in [1.29, 1.82) is 0 Å². The Kier molecular flexibility index (Phi) is 5.49. The van der Waals surface area contributed by atoms with Crippen molar-refractivity contribution in [3.05, 3.63) is 24.3 Å². The fourth-order valence-electron chi connectivity index (χ4n) is 1.89. The zero-order chi connectivity index (χ0) is 13.5. The van der Waals surface area contributed by atoms with Gasteiger partial charge in [0.1, 0.15) is 6.04 Å². The lowest BCUT2D eigenvalue weighted by atomic mass is 10.2. The molecular weight excluding hydrogens is 226 g/mol. The SMILES string of the molecule is CCN(CC)c1ccc(NC(C)C(=O)NC)cc1. The van der Waals surface area contributed by atoms with E-state index in [1.807, 2.05) is 19.1 Å². The molecule has 1 aromatic carbocycles. The zero-order valence-electron chi connectivity index (χ0n) is 11.7. The smallest absolute Gasteiger partial charge is 0.241 e. The zero-order valence-corrected chi connectivity index (χ0v) is 11.7. The highest BCUT2D eigenvalue weighted by atomic mass is 16.2. The molecule has 0 bridgehead atoms. The third-order valence-corrected chi connectivity index (χ3v) is 3.02. The van der Waals surface area contributed by atoms with Crippen LogP contribution in [0.2, 0.25) is 0 Å². The monoisotopic (exact) mass is 249 g/mol. The summed E-state index contributed by atoms with van der Waals surface area (Å²) in [5, 5.41) is 5.79. The van der Waals surface area contributed by atoms with Crippen LogP contribution >= 0.6 is 0 Å². The summed E-state index contributed by atoms with van der Waals surface area (Å²) < 4.78 is 0. The molecule has 0 spiro atoms. The molecule has 1 amide bonds. The van der Waals surface area contributed by atoms with Crippen LogP contribution in [-0.4, -0.2) is 32.1 Å². The molecule has 4 heteroatoms. The van der Waals surface area contributed by atoms with E-state index in [2.05, 4.69) is 41.5 Å². The van der Waals surface area contributed by atoms with Crippen LogP contribution < -0.4 is 15.5 Å². The first kappa shape index (κ1) is 14.4. The van der Waals surface area contributed by atoms with E-state index in [1.54, 1.807) is 7.05 Å². The van der Waals surface area contributed by atoms with Crippen LogP contribution in [0.1, 0.15) is 20.8 Å². The predicted molar refractivity (Wildman–Crippen MR) is 77.2 cm³/mol. The van der Waals surface area contributed by atoms with E-state index in [0.717, 1.165) is 18.8 Å². The van der Waals surface area contributed by atoms with E-state index in [1.165, 1.54) is 5.69 Å². The molecule has 1 unspecified atom stereocenters. The summed E-state index contributed by atoms with van der Waals surface area (Å²) in [6.07, 6.45) is 0. The highest BCUT2D eigenvalue weighted by Gasteiger charge is 2.10. The summed E-state index contributed by atoms with van der Waals surface area (Å²) in [6, 6.07) is 7.94. The van der Waals surface area contributed by atoms with E-state index in [-0.39, 0.29) is 11.9 Å². The molecule has 1 aromatic rings. The minimum absolute atomic E-state index is 0.0113. The standard InChI is InChI=1S/C14H23N3O/c1-5-17(6-2)13-9-7-12(8-10-13)16-11(3)14(18)15-4/h7-11,16H,5-6H2,1-4H3,(H,15,18). The maximum atomic E-state index is 11.4. The van der Waals surface area contributed by atoms with Crippen molar-refractivity contribution in [3.63, 3.8) is 0 Å². The molecule has 0 aliphatic heterocycles. The lowest BCUT2D eigenvalue weighted by Gasteiger charge is -2.21. The lowest BCUT2D eigenvalue weighted by Crippen LogP contribution is -2.35. The number of anilines is 2. The quantitative estimate of drug-likeness (QED) is 0.811. The van der Waals surface area contributed by atoms with Crippen molar-refractivity contribution in [2.24, 2.45) is 0 Å². The first-order valence-electron chi connectivity index (χ1n) is 6.45. The Morgan fingerprint density at radius 3 is 2.22 bits per heavy atom. The van der Waals surface area contributed by atoms with E-state index in [9.17, 15) is 4.79 Å². The van der Waals surface area contributed by atoms with Gasteiger partial charge in [-0.25, -0.2) is 0 Å². The van der Waals surface area contributed by atoms with Crippen molar-refractivity contribution >= 4 is 17.3 Å². The van der Waals surface area contributed by atoms with Gasteiger partial charge >= 0.3 is 0 Å². The van der Waals surface area contributed by atoms with Gasteiger partial charge in [0.15, 0.2) is 0 Å². The molecule has 2 N–H and O–H groups in total. The van der Waals surface area contributed by atoms with Crippen LogP contribution in [-0.2, 0) is 4.79 Å². The normalized spacial score (nSPS) is 11.8. The Morgan fingerprint density at radius 1 is 1.22 bits per heavy atom.